The number of fused-ring (bicyclic) bond motifs is 1. The molecule has 6 heteroatoms. The zero-order valence-electron chi connectivity index (χ0n) is 18.0. The van der Waals surface area contributed by atoms with Crippen LogP contribution in [0.1, 0.15) is 55.7 Å². The molecule has 0 saturated carbocycles. The van der Waals surface area contributed by atoms with E-state index in [4.69, 9.17) is 9.73 Å². The Morgan fingerprint density at radius 3 is 2.75 bits per heavy atom. The van der Waals surface area contributed by atoms with E-state index in [9.17, 15) is 0 Å². The second kappa shape index (κ2) is 8.25. The van der Waals surface area contributed by atoms with Gasteiger partial charge < -0.3 is 15.4 Å². The summed E-state index contributed by atoms with van der Waals surface area (Å²) in [7, 11) is 1.99. The molecule has 2 heterocycles. The third-order valence-corrected chi connectivity index (χ3v) is 5.32. The molecule has 1 aliphatic heterocycles. The second-order valence-corrected chi connectivity index (χ2v) is 8.08. The zero-order chi connectivity index (χ0) is 20.3. The molecule has 152 valence electrons. The van der Waals surface area contributed by atoms with Gasteiger partial charge in [-0.1, -0.05) is 18.2 Å². The predicted molar refractivity (Wildman–Crippen MR) is 114 cm³/mol. The molecule has 1 aromatic heterocycles. The summed E-state index contributed by atoms with van der Waals surface area (Å²) in [4.78, 5) is 4.83. The summed E-state index contributed by atoms with van der Waals surface area (Å²) in [6.45, 7) is 12.1. The predicted octanol–water partition coefficient (Wildman–Crippen LogP) is 3.44. The maximum Gasteiger partial charge on any atom is 0.191 e. The van der Waals surface area contributed by atoms with Gasteiger partial charge in [-0.2, -0.15) is 5.10 Å². The van der Waals surface area contributed by atoms with Crippen molar-refractivity contribution in [1.82, 2.24) is 20.4 Å². The van der Waals surface area contributed by atoms with E-state index in [-0.39, 0.29) is 11.6 Å². The summed E-state index contributed by atoms with van der Waals surface area (Å²) in [5.74, 6) is 1.80. The van der Waals surface area contributed by atoms with Crippen molar-refractivity contribution in [2.75, 3.05) is 13.1 Å². The van der Waals surface area contributed by atoms with Crippen LogP contribution in [0, 0.1) is 13.8 Å². The van der Waals surface area contributed by atoms with Crippen molar-refractivity contribution >= 4 is 5.96 Å². The lowest BCUT2D eigenvalue weighted by Gasteiger charge is -2.38. The highest BCUT2D eigenvalue weighted by Gasteiger charge is 2.33. The van der Waals surface area contributed by atoms with Crippen LogP contribution < -0.4 is 15.4 Å². The average molecular weight is 384 g/mol. The third-order valence-electron chi connectivity index (χ3n) is 5.32. The molecule has 3 rings (SSSR count). The second-order valence-electron chi connectivity index (χ2n) is 8.08. The van der Waals surface area contributed by atoms with Crippen molar-refractivity contribution < 1.29 is 4.74 Å². The van der Waals surface area contributed by atoms with Gasteiger partial charge in [0, 0.05) is 37.8 Å². The number of para-hydroxylation sites is 1. The summed E-state index contributed by atoms with van der Waals surface area (Å²) < 4.78 is 8.09. The molecule has 1 aromatic carbocycles. The normalized spacial score (nSPS) is 18.4. The lowest BCUT2D eigenvalue weighted by atomic mass is 9.90. The van der Waals surface area contributed by atoms with E-state index in [2.05, 4.69) is 62.5 Å². The number of nitrogens with one attached hydrogen (secondary N) is 2. The zero-order valence-corrected chi connectivity index (χ0v) is 18.0. The van der Waals surface area contributed by atoms with Crippen LogP contribution in [0.5, 0.6) is 5.75 Å². The van der Waals surface area contributed by atoms with E-state index in [1.807, 2.05) is 23.9 Å². The van der Waals surface area contributed by atoms with Gasteiger partial charge in [-0.15, -0.1) is 0 Å². The number of nitrogens with zero attached hydrogens (tertiary/aromatic N) is 3. The fourth-order valence-corrected chi connectivity index (χ4v) is 3.87. The highest BCUT2D eigenvalue weighted by atomic mass is 16.5. The molecule has 0 fully saturated rings. The largest absolute Gasteiger partial charge is 0.487 e. The standard InChI is InChI=1S/C22H33N5O/c1-7-23-21(24-13-12-17-15(2)26-27(6)16(17)3)25-19-14-22(4,5)28-20-11-9-8-10-18(19)20/h8-11,19H,7,12-14H2,1-6H3,(H2,23,24,25). The number of aromatic nitrogens is 2. The van der Waals surface area contributed by atoms with Gasteiger partial charge in [0.15, 0.2) is 5.96 Å². The minimum atomic E-state index is -0.215. The van der Waals surface area contributed by atoms with Gasteiger partial charge in [0.25, 0.3) is 0 Å². The van der Waals surface area contributed by atoms with Crippen molar-refractivity contribution in [3.63, 3.8) is 0 Å². The molecule has 0 radical (unpaired) electrons. The van der Waals surface area contributed by atoms with Crippen LogP contribution in [0.3, 0.4) is 0 Å². The highest BCUT2D eigenvalue weighted by Crippen LogP contribution is 2.39. The molecule has 2 N–H and O–H groups in total. The van der Waals surface area contributed by atoms with Crippen molar-refractivity contribution in [1.29, 1.82) is 0 Å². The van der Waals surface area contributed by atoms with Crippen LogP contribution in [0.15, 0.2) is 29.3 Å². The first-order chi connectivity index (χ1) is 13.3. The van der Waals surface area contributed by atoms with Gasteiger partial charge in [-0.3, -0.25) is 9.67 Å². The number of guanidine groups is 1. The van der Waals surface area contributed by atoms with Crippen LogP contribution in [0.4, 0.5) is 0 Å². The topological polar surface area (TPSA) is 63.5 Å². The molecule has 0 saturated heterocycles. The molecule has 0 aliphatic carbocycles. The quantitative estimate of drug-likeness (QED) is 0.613. The van der Waals surface area contributed by atoms with Gasteiger partial charge in [-0.05, 0) is 52.7 Å². The monoisotopic (exact) mass is 383 g/mol. The summed E-state index contributed by atoms with van der Waals surface area (Å²) in [6.07, 6.45) is 1.77. The number of aliphatic imine (C=N–C) groups is 1. The number of aryl methyl sites for hydroxylation is 2. The number of hydrogen-bond donors (Lipinski definition) is 2. The van der Waals surface area contributed by atoms with E-state index in [1.165, 1.54) is 16.8 Å². The van der Waals surface area contributed by atoms with Crippen LogP contribution in [-0.2, 0) is 13.5 Å². The van der Waals surface area contributed by atoms with E-state index in [0.29, 0.717) is 0 Å². The van der Waals surface area contributed by atoms with Gasteiger partial charge in [0.1, 0.15) is 11.4 Å². The maximum absolute atomic E-state index is 6.15. The Morgan fingerprint density at radius 1 is 1.32 bits per heavy atom. The van der Waals surface area contributed by atoms with Crippen molar-refractivity contribution in [2.45, 2.75) is 59.1 Å². The first-order valence-corrected chi connectivity index (χ1v) is 10.1. The molecular formula is C22H33N5O. The van der Waals surface area contributed by atoms with E-state index in [1.54, 1.807) is 0 Å². The third kappa shape index (κ3) is 4.49. The Hall–Kier alpha value is -2.50. The highest BCUT2D eigenvalue weighted by molar-refractivity contribution is 5.80. The van der Waals surface area contributed by atoms with Crippen LogP contribution >= 0.6 is 0 Å². The van der Waals surface area contributed by atoms with Crippen molar-refractivity contribution in [3.8, 4) is 5.75 Å². The first-order valence-electron chi connectivity index (χ1n) is 10.1. The first kappa shape index (κ1) is 20.2. The molecule has 0 spiro atoms. The molecule has 1 aliphatic rings. The maximum atomic E-state index is 6.15. The van der Waals surface area contributed by atoms with Gasteiger partial charge >= 0.3 is 0 Å². The molecule has 1 atom stereocenters. The molecule has 6 nitrogen and oxygen atoms in total. The lowest BCUT2D eigenvalue weighted by molar-refractivity contribution is 0.0694. The van der Waals surface area contributed by atoms with Crippen LogP contribution in [0.2, 0.25) is 0 Å². The Labute approximate surface area is 168 Å². The lowest BCUT2D eigenvalue weighted by Crippen LogP contribution is -2.45. The van der Waals surface area contributed by atoms with Gasteiger partial charge in [0.05, 0.1) is 11.7 Å². The SMILES string of the molecule is CCNC(=NCCc1c(C)nn(C)c1C)NC1CC(C)(C)Oc2ccccc21. The van der Waals surface area contributed by atoms with Crippen LogP contribution in [-0.4, -0.2) is 34.4 Å². The molecular weight excluding hydrogens is 350 g/mol. The minimum absolute atomic E-state index is 0.166. The van der Waals surface area contributed by atoms with Crippen molar-refractivity contribution in [2.24, 2.45) is 12.0 Å². The van der Waals surface area contributed by atoms with Gasteiger partial charge in [-0.25, -0.2) is 0 Å². The average Bonchev–Trinajstić information content (AvgIpc) is 2.87. The van der Waals surface area contributed by atoms with Gasteiger partial charge in [0.2, 0.25) is 0 Å². The Kier molecular flexibility index (Phi) is 5.96. The number of hydrogen-bond acceptors (Lipinski definition) is 3. The smallest absolute Gasteiger partial charge is 0.191 e. The molecule has 1 unspecified atom stereocenters. The van der Waals surface area contributed by atoms with Crippen LogP contribution in [0.25, 0.3) is 0 Å². The summed E-state index contributed by atoms with van der Waals surface area (Å²) in [6, 6.07) is 8.43. The summed E-state index contributed by atoms with van der Waals surface area (Å²) in [5.41, 5.74) is 4.57. The Morgan fingerprint density at radius 2 is 2.07 bits per heavy atom. The molecule has 0 bridgehead atoms. The van der Waals surface area contributed by atoms with Crippen molar-refractivity contribution in [3.05, 3.63) is 46.8 Å². The molecule has 28 heavy (non-hydrogen) atoms. The Balaban J connectivity index is 1.74. The molecule has 0 amide bonds. The fraction of sp³-hybridized carbons (Fsp3) is 0.545. The molecule has 2 aromatic rings. The number of benzene rings is 1. The number of rotatable bonds is 5. The fourth-order valence-electron chi connectivity index (χ4n) is 3.87. The number of ether oxygens (including phenoxy) is 1. The van der Waals surface area contributed by atoms with E-state index >= 15 is 0 Å². The van der Waals surface area contributed by atoms with E-state index in [0.717, 1.165) is 43.3 Å². The summed E-state index contributed by atoms with van der Waals surface area (Å²) >= 11 is 0. The summed E-state index contributed by atoms with van der Waals surface area (Å²) in [5, 5.41) is 11.5. The van der Waals surface area contributed by atoms with E-state index < -0.39 is 0 Å². The Bertz CT molecular complexity index is 853. The minimum Gasteiger partial charge on any atom is -0.487 e.